The zero-order valence-electron chi connectivity index (χ0n) is 9.91. The normalized spacial score (nSPS) is 17.4. The molecule has 0 aliphatic carbocycles. The smallest absolute Gasteiger partial charge is 0.153 e. The number of rotatable bonds is 1. The Hall–Kier alpha value is -1.52. The Labute approximate surface area is 117 Å². The molecule has 4 heteroatoms. The van der Waals surface area contributed by atoms with Crippen molar-refractivity contribution in [1.82, 2.24) is 0 Å². The summed E-state index contributed by atoms with van der Waals surface area (Å²) in [4.78, 5) is 2.16. The fraction of sp³-hybridized carbons (Fsp3) is 0.143. The molecule has 3 nitrogen and oxygen atoms in total. The van der Waals surface area contributed by atoms with Crippen LogP contribution in [0.25, 0.3) is 0 Å². The van der Waals surface area contributed by atoms with E-state index in [0.717, 1.165) is 17.9 Å². The van der Waals surface area contributed by atoms with E-state index in [-0.39, 0.29) is 23.3 Å². The number of nitrogens with two attached hydrogens (primary N) is 1. The van der Waals surface area contributed by atoms with Crippen LogP contribution in [0.5, 0.6) is 0 Å². The second-order valence-corrected chi connectivity index (χ2v) is 4.21. The van der Waals surface area contributed by atoms with Gasteiger partial charge in [0.1, 0.15) is 0 Å². The second-order valence-electron chi connectivity index (χ2n) is 4.21. The van der Waals surface area contributed by atoms with E-state index in [2.05, 4.69) is 40.5 Å². The maximum absolute atomic E-state index is 6.14. The van der Waals surface area contributed by atoms with Crippen LogP contribution in [-0.4, -0.2) is 6.29 Å². The van der Waals surface area contributed by atoms with Crippen LogP contribution in [0.4, 0.5) is 11.4 Å². The zero-order valence-corrected chi connectivity index (χ0v) is 11.6. The molecular formula is C14H16BrN3. The molecule has 0 fully saturated rings. The molecule has 0 saturated carbocycles. The first kappa shape index (κ1) is 12.9. The molecule has 3 rings (SSSR count). The van der Waals surface area contributed by atoms with Crippen LogP contribution in [0.1, 0.15) is 5.56 Å². The highest BCUT2D eigenvalue weighted by atomic mass is 79.9. The van der Waals surface area contributed by atoms with Gasteiger partial charge in [-0.2, -0.15) is 0 Å². The van der Waals surface area contributed by atoms with Gasteiger partial charge in [-0.15, -0.1) is 17.0 Å². The van der Waals surface area contributed by atoms with Crippen molar-refractivity contribution in [1.29, 1.82) is 0 Å². The number of nitrogens with one attached hydrogen (secondary N) is 1. The van der Waals surface area contributed by atoms with Gasteiger partial charge in [0.15, 0.2) is 6.29 Å². The first-order valence-corrected chi connectivity index (χ1v) is 5.76. The molecule has 0 radical (unpaired) electrons. The highest BCUT2D eigenvalue weighted by Gasteiger charge is 2.21. The molecule has 1 aliphatic heterocycles. The Morgan fingerprint density at radius 2 is 1.67 bits per heavy atom. The minimum atomic E-state index is -0.174. The first-order chi connectivity index (χ1) is 8.34. The molecule has 0 bridgehead atoms. The molecule has 0 spiro atoms. The zero-order chi connectivity index (χ0) is 11.7. The molecule has 1 heterocycles. The summed E-state index contributed by atoms with van der Waals surface area (Å²) in [6, 6.07) is 18.5. The van der Waals surface area contributed by atoms with Gasteiger partial charge in [-0.25, -0.2) is 0 Å². The topological polar surface area (TPSA) is 41.3 Å². The van der Waals surface area contributed by atoms with Crippen LogP contribution < -0.4 is 16.0 Å². The van der Waals surface area contributed by atoms with Crippen LogP contribution in [0.15, 0.2) is 54.6 Å². The van der Waals surface area contributed by atoms with Gasteiger partial charge in [0, 0.05) is 17.9 Å². The Balaban J connectivity index is 0.00000120. The third-order valence-corrected chi connectivity index (χ3v) is 3.09. The maximum atomic E-state index is 6.14. The van der Waals surface area contributed by atoms with E-state index in [0.29, 0.717) is 0 Å². The maximum Gasteiger partial charge on any atom is 0.153 e. The van der Waals surface area contributed by atoms with Gasteiger partial charge >= 0.3 is 0 Å². The molecule has 0 aromatic heterocycles. The molecule has 94 valence electrons. The minimum Gasteiger partial charge on any atom is -0.353 e. The van der Waals surface area contributed by atoms with Crippen LogP contribution >= 0.6 is 17.0 Å². The second kappa shape index (κ2) is 5.42. The number of nitrogens with zero attached hydrogens (tertiary/aromatic N) is 1. The standard InChI is InChI=1S/C14H15N3.BrH/c15-14-16-13-9-5-4-6-11(13)10-17(14)12-7-2-1-3-8-12;/h1-9,14,16H,10,15H2;1H. The summed E-state index contributed by atoms with van der Waals surface area (Å²) in [7, 11) is 0. The summed E-state index contributed by atoms with van der Waals surface area (Å²) in [5, 5.41) is 3.31. The Morgan fingerprint density at radius 3 is 2.44 bits per heavy atom. The van der Waals surface area contributed by atoms with Crippen molar-refractivity contribution >= 4 is 28.4 Å². The van der Waals surface area contributed by atoms with Gasteiger partial charge in [-0.1, -0.05) is 36.4 Å². The summed E-state index contributed by atoms with van der Waals surface area (Å²) in [6.45, 7) is 0.842. The highest BCUT2D eigenvalue weighted by molar-refractivity contribution is 8.93. The van der Waals surface area contributed by atoms with E-state index in [9.17, 15) is 0 Å². The SMILES string of the molecule is Br.NC1Nc2ccccc2CN1c1ccccc1. The first-order valence-electron chi connectivity index (χ1n) is 5.76. The molecule has 2 aromatic carbocycles. The lowest BCUT2D eigenvalue weighted by Gasteiger charge is -2.37. The molecule has 0 amide bonds. The van der Waals surface area contributed by atoms with E-state index in [1.54, 1.807) is 0 Å². The van der Waals surface area contributed by atoms with Gasteiger partial charge < -0.3 is 10.2 Å². The number of benzene rings is 2. The molecule has 1 atom stereocenters. The molecule has 1 unspecified atom stereocenters. The van der Waals surface area contributed by atoms with Crippen LogP contribution in [0, 0.1) is 0 Å². The van der Waals surface area contributed by atoms with E-state index in [1.165, 1.54) is 5.56 Å². The summed E-state index contributed by atoms with van der Waals surface area (Å²) >= 11 is 0. The number of halogens is 1. The monoisotopic (exact) mass is 305 g/mol. The predicted molar refractivity (Wildman–Crippen MR) is 81.0 cm³/mol. The number of fused-ring (bicyclic) bond motifs is 1. The summed E-state index contributed by atoms with van der Waals surface area (Å²) in [6.07, 6.45) is -0.174. The summed E-state index contributed by atoms with van der Waals surface area (Å²) < 4.78 is 0. The average molecular weight is 306 g/mol. The number of hydrogen-bond donors (Lipinski definition) is 2. The summed E-state index contributed by atoms with van der Waals surface area (Å²) in [5.74, 6) is 0. The molecule has 1 aliphatic rings. The summed E-state index contributed by atoms with van der Waals surface area (Å²) in [5.41, 5.74) is 9.69. The van der Waals surface area contributed by atoms with E-state index in [4.69, 9.17) is 5.73 Å². The van der Waals surface area contributed by atoms with Crippen molar-refractivity contribution < 1.29 is 0 Å². The number of para-hydroxylation sites is 2. The lowest BCUT2D eigenvalue weighted by atomic mass is 10.1. The lowest BCUT2D eigenvalue weighted by molar-refractivity contribution is 0.647. The van der Waals surface area contributed by atoms with Gasteiger partial charge in [0.2, 0.25) is 0 Å². The average Bonchev–Trinajstić information content (AvgIpc) is 2.39. The Bertz CT molecular complexity index is 515. The number of anilines is 2. The van der Waals surface area contributed by atoms with Gasteiger partial charge in [0.05, 0.1) is 0 Å². The van der Waals surface area contributed by atoms with Gasteiger partial charge in [-0.05, 0) is 23.8 Å². The van der Waals surface area contributed by atoms with E-state index >= 15 is 0 Å². The minimum absolute atomic E-state index is 0. The highest BCUT2D eigenvalue weighted by Crippen LogP contribution is 2.27. The lowest BCUT2D eigenvalue weighted by Crippen LogP contribution is -2.50. The Kier molecular flexibility index (Phi) is 3.89. The third-order valence-electron chi connectivity index (χ3n) is 3.09. The molecular weight excluding hydrogens is 290 g/mol. The van der Waals surface area contributed by atoms with Crippen molar-refractivity contribution in [3.63, 3.8) is 0 Å². The van der Waals surface area contributed by atoms with Gasteiger partial charge in [-0.3, -0.25) is 5.73 Å². The molecule has 18 heavy (non-hydrogen) atoms. The van der Waals surface area contributed by atoms with Crippen molar-refractivity contribution in [3.8, 4) is 0 Å². The predicted octanol–water partition coefficient (Wildman–Crippen LogP) is 2.94. The van der Waals surface area contributed by atoms with Crippen molar-refractivity contribution in [2.24, 2.45) is 5.73 Å². The molecule has 2 aromatic rings. The van der Waals surface area contributed by atoms with Crippen molar-refractivity contribution in [2.45, 2.75) is 12.8 Å². The van der Waals surface area contributed by atoms with Crippen molar-refractivity contribution in [2.75, 3.05) is 10.2 Å². The molecule has 0 saturated heterocycles. The van der Waals surface area contributed by atoms with Crippen LogP contribution in [0.3, 0.4) is 0 Å². The van der Waals surface area contributed by atoms with Crippen molar-refractivity contribution in [3.05, 3.63) is 60.2 Å². The molecule has 3 N–H and O–H groups in total. The number of hydrogen-bond acceptors (Lipinski definition) is 3. The van der Waals surface area contributed by atoms with Gasteiger partial charge in [0.25, 0.3) is 0 Å². The third kappa shape index (κ3) is 2.35. The van der Waals surface area contributed by atoms with E-state index in [1.807, 2.05) is 24.3 Å². The quantitative estimate of drug-likeness (QED) is 0.851. The van der Waals surface area contributed by atoms with E-state index < -0.39 is 0 Å². The fourth-order valence-electron chi connectivity index (χ4n) is 2.19. The van der Waals surface area contributed by atoms with Crippen LogP contribution in [0.2, 0.25) is 0 Å². The largest absolute Gasteiger partial charge is 0.353 e. The fourth-order valence-corrected chi connectivity index (χ4v) is 2.19. The Morgan fingerprint density at radius 1 is 1.00 bits per heavy atom. The van der Waals surface area contributed by atoms with Crippen LogP contribution in [-0.2, 0) is 6.54 Å².